The van der Waals surface area contributed by atoms with Crippen molar-refractivity contribution in [1.82, 2.24) is 9.78 Å². The summed E-state index contributed by atoms with van der Waals surface area (Å²) in [5.41, 5.74) is 4.55. The molecule has 4 heteroatoms. The van der Waals surface area contributed by atoms with Gasteiger partial charge in [0.2, 0.25) is 0 Å². The fourth-order valence-corrected chi connectivity index (χ4v) is 2.35. The van der Waals surface area contributed by atoms with Crippen LogP contribution in [0.3, 0.4) is 0 Å². The average molecular weight is 309 g/mol. The summed E-state index contributed by atoms with van der Waals surface area (Å²) >= 11 is 3.48. The van der Waals surface area contributed by atoms with Crippen LogP contribution in [0.2, 0.25) is 0 Å². The second kappa shape index (κ2) is 5.57. The van der Waals surface area contributed by atoms with Crippen LogP contribution in [0.1, 0.15) is 22.4 Å². The Hall–Kier alpha value is -1.29. The van der Waals surface area contributed by atoms with Crippen LogP contribution in [0.4, 0.5) is 0 Å². The van der Waals surface area contributed by atoms with Gasteiger partial charge in [-0.1, -0.05) is 28.1 Å². The molecule has 1 aromatic carbocycles. The summed E-state index contributed by atoms with van der Waals surface area (Å²) in [5.74, 6) is 0.963. The molecule has 0 aliphatic rings. The Kier molecular flexibility index (Phi) is 4.07. The molecule has 0 bridgehead atoms. The average Bonchev–Trinajstić information content (AvgIpc) is 2.73. The van der Waals surface area contributed by atoms with Crippen molar-refractivity contribution in [1.29, 1.82) is 0 Å². The van der Waals surface area contributed by atoms with Crippen LogP contribution in [-0.2, 0) is 19.0 Å². The third-order valence-electron chi connectivity index (χ3n) is 2.81. The molecule has 1 aromatic heterocycles. The standard InChI is InChI=1S/C14H17BrN2O/c1-10-6-12(8-15)7-11(2)14(10)18-9-13-4-5-17(3)16-13/h4-7H,8-9H2,1-3H3. The number of benzene rings is 1. The Morgan fingerprint density at radius 1 is 1.28 bits per heavy atom. The predicted octanol–water partition coefficient (Wildman–Crippen LogP) is 3.51. The van der Waals surface area contributed by atoms with E-state index in [1.54, 1.807) is 4.68 Å². The van der Waals surface area contributed by atoms with Crippen molar-refractivity contribution in [3.8, 4) is 5.75 Å². The maximum Gasteiger partial charge on any atom is 0.132 e. The van der Waals surface area contributed by atoms with E-state index in [0.29, 0.717) is 6.61 Å². The first-order valence-electron chi connectivity index (χ1n) is 5.87. The molecule has 0 radical (unpaired) electrons. The summed E-state index contributed by atoms with van der Waals surface area (Å²) < 4.78 is 7.66. The van der Waals surface area contributed by atoms with E-state index < -0.39 is 0 Å². The lowest BCUT2D eigenvalue weighted by molar-refractivity contribution is 0.296. The number of ether oxygens (including phenoxy) is 1. The van der Waals surface area contributed by atoms with Crippen molar-refractivity contribution in [2.45, 2.75) is 25.8 Å². The normalized spacial score (nSPS) is 10.7. The van der Waals surface area contributed by atoms with Gasteiger partial charge in [-0.2, -0.15) is 5.10 Å². The van der Waals surface area contributed by atoms with Crippen molar-refractivity contribution < 1.29 is 4.74 Å². The molecular weight excluding hydrogens is 292 g/mol. The molecule has 0 aliphatic heterocycles. The topological polar surface area (TPSA) is 27.1 Å². The SMILES string of the molecule is Cc1cc(CBr)cc(C)c1OCc1ccn(C)n1. The fourth-order valence-electron chi connectivity index (χ4n) is 2.03. The summed E-state index contributed by atoms with van der Waals surface area (Å²) in [6.07, 6.45) is 1.92. The van der Waals surface area contributed by atoms with E-state index >= 15 is 0 Å². The zero-order valence-electron chi connectivity index (χ0n) is 10.9. The molecule has 1 heterocycles. The van der Waals surface area contributed by atoms with Crippen LogP contribution in [0, 0.1) is 13.8 Å². The molecule has 3 nitrogen and oxygen atoms in total. The predicted molar refractivity (Wildman–Crippen MR) is 76.1 cm³/mol. The van der Waals surface area contributed by atoms with Crippen molar-refractivity contribution in [3.63, 3.8) is 0 Å². The minimum Gasteiger partial charge on any atom is -0.487 e. The number of alkyl halides is 1. The van der Waals surface area contributed by atoms with Gasteiger partial charge in [0, 0.05) is 18.6 Å². The quantitative estimate of drug-likeness (QED) is 0.808. The first-order valence-corrected chi connectivity index (χ1v) is 6.99. The minimum atomic E-state index is 0.510. The second-order valence-electron chi connectivity index (χ2n) is 4.46. The van der Waals surface area contributed by atoms with Crippen LogP contribution in [0.25, 0.3) is 0 Å². The first-order chi connectivity index (χ1) is 8.60. The number of hydrogen-bond donors (Lipinski definition) is 0. The highest BCUT2D eigenvalue weighted by Gasteiger charge is 2.07. The summed E-state index contributed by atoms with van der Waals surface area (Å²) in [7, 11) is 1.91. The molecule has 0 atom stereocenters. The summed E-state index contributed by atoms with van der Waals surface area (Å²) in [6.45, 7) is 4.66. The highest BCUT2D eigenvalue weighted by Crippen LogP contribution is 2.26. The largest absolute Gasteiger partial charge is 0.487 e. The Labute approximate surface area is 116 Å². The van der Waals surface area contributed by atoms with E-state index in [-0.39, 0.29) is 0 Å². The molecule has 0 aliphatic carbocycles. The number of rotatable bonds is 4. The minimum absolute atomic E-state index is 0.510. The molecule has 0 fully saturated rings. The molecular formula is C14H17BrN2O. The van der Waals surface area contributed by atoms with Gasteiger partial charge in [-0.05, 0) is 36.6 Å². The Morgan fingerprint density at radius 2 is 1.94 bits per heavy atom. The smallest absolute Gasteiger partial charge is 0.132 e. The number of nitrogens with zero attached hydrogens (tertiary/aromatic N) is 2. The van der Waals surface area contributed by atoms with Crippen LogP contribution < -0.4 is 4.74 Å². The van der Waals surface area contributed by atoms with Crippen molar-refractivity contribution in [2.24, 2.45) is 7.05 Å². The Morgan fingerprint density at radius 3 is 2.44 bits per heavy atom. The van der Waals surface area contributed by atoms with E-state index in [1.807, 2.05) is 19.3 Å². The third kappa shape index (κ3) is 2.93. The van der Waals surface area contributed by atoms with Crippen molar-refractivity contribution in [2.75, 3.05) is 0 Å². The molecule has 2 aromatic rings. The molecule has 0 unspecified atom stereocenters. The lowest BCUT2D eigenvalue weighted by Gasteiger charge is -2.12. The molecule has 0 saturated carbocycles. The molecule has 0 N–H and O–H groups in total. The van der Waals surface area contributed by atoms with Gasteiger partial charge in [-0.3, -0.25) is 4.68 Å². The number of aryl methyl sites for hydroxylation is 3. The monoisotopic (exact) mass is 308 g/mol. The number of aromatic nitrogens is 2. The van der Waals surface area contributed by atoms with Gasteiger partial charge in [0.1, 0.15) is 12.4 Å². The summed E-state index contributed by atoms with van der Waals surface area (Å²) in [6, 6.07) is 6.27. The fraction of sp³-hybridized carbons (Fsp3) is 0.357. The third-order valence-corrected chi connectivity index (χ3v) is 3.46. The van der Waals surface area contributed by atoms with E-state index in [2.05, 4.69) is 47.0 Å². The molecule has 96 valence electrons. The molecule has 0 amide bonds. The summed E-state index contributed by atoms with van der Waals surface area (Å²) in [4.78, 5) is 0. The molecule has 0 saturated heterocycles. The summed E-state index contributed by atoms with van der Waals surface area (Å²) in [5, 5.41) is 5.17. The lowest BCUT2D eigenvalue weighted by Crippen LogP contribution is -2.01. The number of halogens is 1. The van der Waals surface area contributed by atoms with Crippen LogP contribution in [0.15, 0.2) is 24.4 Å². The van der Waals surface area contributed by atoms with Gasteiger partial charge in [0.25, 0.3) is 0 Å². The van der Waals surface area contributed by atoms with Crippen molar-refractivity contribution in [3.05, 3.63) is 46.8 Å². The zero-order chi connectivity index (χ0) is 13.1. The zero-order valence-corrected chi connectivity index (χ0v) is 12.5. The maximum atomic E-state index is 5.88. The lowest BCUT2D eigenvalue weighted by atomic mass is 10.1. The van der Waals surface area contributed by atoms with Crippen LogP contribution in [-0.4, -0.2) is 9.78 Å². The second-order valence-corrected chi connectivity index (χ2v) is 5.02. The van der Waals surface area contributed by atoms with Gasteiger partial charge in [0.15, 0.2) is 0 Å². The number of hydrogen-bond acceptors (Lipinski definition) is 2. The van der Waals surface area contributed by atoms with Crippen LogP contribution in [0.5, 0.6) is 5.75 Å². The van der Waals surface area contributed by atoms with E-state index in [1.165, 1.54) is 16.7 Å². The van der Waals surface area contributed by atoms with E-state index in [4.69, 9.17) is 4.74 Å². The van der Waals surface area contributed by atoms with Gasteiger partial charge in [-0.25, -0.2) is 0 Å². The highest BCUT2D eigenvalue weighted by atomic mass is 79.9. The van der Waals surface area contributed by atoms with Gasteiger partial charge >= 0.3 is 0 Å². The van der Waals surface area contributed by atoms with E-state index in [9.17, 15) is 0 Å². The molecule has 2 rings (SSSR count). The van der Waals surface area contributed by atoms with Gasteiger partial charge in [-0.15, -0.1) is 0 Å². The van der Waals surface area contributed by atoms with Gasteiger partial charge in [0.05, 0.1) is 5.69 Å². The highest BCUT2D eigenvalue weighted by molar-refractivity contribution is 9.08. The molecule has 0 spiro atoms. The van der Waals surface area contributed by atoms with Crippen LogP contribution >= 0.6 is 15.9 Å². The maximum absolute atomic E-state index is 5.88. The van der Waals surface area contributed by atoms with E-state index in [0.717, 1.165) is 16.8 Å². The Balaban J connectivity index is 2.14. The Bertz CT molecular complexity index is 525. The van der Waals surface area contributed by atoms with Gasteiger partial charge < -0.3 is 4.74 Å². The van der Waals surface area contributed by atoms with Crippen molar-refractivity contribution >= 4 is 15.9 Å². The first kappa shape index (κ1) is 13.1. The molecule has 18 heavy (non-hydrogen) atoms.